The number of para-hydroxylation sites is 1. The second-order valence-corrected chi connectivity index (χ2v) is 8.44. The van der Waals surface area contributed by atoms with Crippen molar-refractivity contribution in [3.63, 3.8) is 0 Å². The van der Waals surface area contributed by atoms with Crippen LogP contribution in [0.1, 0.15) is 36.8 Å². The van der Waals surface area contributed by atoms with Gasteiger partial charge in [-0.15, -0.1) is 0 Å². The molecule has 3 aromatic carbocycles. The number of aromatic nitrogens is 2. The molecule has 0 saturated heterocycles. The molecule has 6 nitrogen and oxygen atoms in total. The summed E-state index contributed by atoms with van der Waals surface area (Å²) in [7, 11) is 0. The maximum Gasteiger partial charge on any atom is 0.333 e. The zero-order chi connectivity index (χ0) is 22.8. The van der Waals surface area contributed by atoms with E-state index in [0.29, 0.717) is 12.2 Å². The highest BCUT2D eigenvalue weighted by atomic mass is 16.5. The summed E-state index contributed by atoms with van der Waals surface area (Å²) < 4.78 is 5.51. The molecule has 3 heterocycles. The molecule has 6 rings (SSSR count). The molecule has 0 N–H and O–H groups in total. The van der Waals surface area contributed by atoms with E-state index in [1.165, 1.54) is 0 Å². The molecular formula is C27H24N4O2. The van der Waals surface area contributed by atoms with E-state index >= 15 is 0 Å². The van der Waals surface area contributed by atoms with Crippen LogP contribution in [0.15, 0.2) is 83.0 Å². The molecule has 0 fully saturated rings. The fourth-order valence-corrected chi connectivity index (χ4v) is 4.12. The van der Waals surface area contributed by atoms with Crippen molar-refractivity contribution in [3.05, 3.63) is 83.9 Å². The molecule has 4 aromatic rings. The first-order valence-electron chi connectivity index (χ1n) is 11.1. The van der Waals surface area contributed by atoms with Gasteiger partial charge < -0.3 is 4.74 Å². The predicted octanol–water partition coefficient (Wildman–Crippen LogP) is 6.74. The normalized spacial score (nSPS) is 16.6. The second-order valence-electron chi connectivity index (χ2n) is 8.44. The van der Waals surface area contributed by atoms with Gasteiger partial charge in [-0.1, -0.05) is 30.8 Å². The lowest BCUT2D eigenvalue weighted by atomic mass is 9.92. The first kappa shape index (κ1) is 20.9. The molecule has 0 aliphatic carbocycles. The van der Waals surface area contributed by atoms with E-state index in [-0.39, 0.29) is 11.9 Å². The van der Waals surface area contributed by atoms with Crippen molar-refractivity contribution in [1.29, 1.82) is 0 Å². The van der Waals surface area contributed by atoms with Gasteiger partial charge in [-0.25, -0.2) is 14.8 Å². The molecule has 2 aliphatic heterocycles. The minimum Gasteiger partial charge on any atom is -0.462 e. The van der Waals surface area contributed by atoms with Crippen LogP contribution in [0, 0.1) is 0 Å². The van der Waals surface area contributed by atoms with Crippen LogP contribution in [0.5, 0.6) is 0 Å². The molecule has 6 heteroatoms. The summed E-state index contributed by atoms with van der Waals surface area (Å²) in [5, 5.41) is 8.78. The van der Waals surface area contributed by atoms with E-state index < -0.39 is 0 Å². The zero-order valence-electron chi connectivity index (χ0n) is 18.5. The van der Waals surface area contributed by atoms with Crippen molar-refractivity contribution in [1.82, 2.24) is 9.97 Å². The Balaban J connectivity index is 1.54. The number of benzene rings is 3. The van der Waals surface area contributed by atoms with Crippen LogP contribution in [-0.4, -0.2) is 22.5 Å². The molecule has 0 radical (unpaired) electrons. The standard InChI is InChI=1S/C27H24N4O2/c1-17(2)27(32)33-16-20-7-3-5-19-6-4-8-24-26(19)29-25-15-22(13-14-23(25)28-24)31-30-21-11-9-18(20)10-12-21/h4,6,8-15,20H,1,3,5,7,16H2,2H3/b31-30-. The number of aryl methyl sites for hydroxylation is 1. The quantitative estimate of drug-likeness (QED) is 0.202. The number of hydrogen-bond donors (Lipinski definition) is 0. The number of carbonyl (C=O) groups is 1. The first-order chi connectivity index (χ1) is 16.1. The van der Waals surface area contributed by atoms with Gasteiger partial charge in [0.1, 0.15) is 0 Å². The monoisotopic (exact) mass is 436 g/mol. The van der Waals surface area contributed by atoms with Gasteiger partial charge in [-0.3, -0.25) is 0 Å². The van der Waals surface area contributed by atoms with Crippen LogP contribution in [0.25, 0.3) is 22.1 Å². The predicted molar refractivity (Wildman–Crippen MR) is 129 cm³/mol. The summed E-state index contributed by atoms with van der Waals surface area (Å²) in [6.07, 6.45) is 2.65. The highest BCUT2D eigenvalue weighted by molar-refractivity contribution is 5.89. The number of ether oxygens (including phenoxy) is 1. The lowest BCUT2D eigenvalue weighted by Gasteiger charge is -2.18. The number of nitrogens with zero attached hydrogens (tertiary/aromatic N) is 4. The van der Waals surface area contributed by atoms with Crippen LogP contribution in [0.4, 0.5) is 11.4 Å². The SMILES string of the molecule is C=C(C)C(=O)OCC1CCCc2cccc3nc4ccc(cc4nc23)/N=N\c2ccc1cc2. The summed E-state index contributed by atoms with van der Waals surface area (Å²) >= 11 is 0. The largest absolute Gasteiger partial charge is 0.462 e. The number of azo groups is 1. The van der Waals surface area contributed by atoms with Crippen molar-refractivity contribution in [2.75, 3.05) is 6.61 Å². The van der Waals surface area contributed by atoms with E-state index in [9.17, 15) is 4.79 Å². The van der Waals surface area contributed by atoms with E-state index in [1.54, 1.807) is 6.92 Å². The molecule has 5 bridgehead atoms. The number of esters is 1. The Labute approximate surface area is 192 Å². The third kappa shape index (κ3) is 4.51. The molecule has 164 valence electrons. The average molecular weight is 437 g/mol. The van der Waals surface area contributed by atoms with Crippen LogP contribution in [0.2, 0.25) is 0 Å². The van der Waals surface area contributed by atoms with Gasteiger partial charge in [0.2, 0.25) is 0 Å². The molecule has 0 saturated carbocycles. The van der Waals surface area contributed by atoms with Gasteiger partial charge in [-0.2, -0.15) is 10.2 Å². The number of rotatable bonds is 3. The van der Waals surface area contributed by atoms with Crippen LogP contribution in [0.3, 0.4) is 0 Å². The van der Waals surface area contributed by atoms with Gasteiger partial charge in [0, 0.05) is 11.5 Å². The Kier molecular flexibility index (Phi) is 5.65. The Bertz CT molecular complexity index is 1390. The summed E-state index contributed by atoms with van der Waals surface area (Å²) in [5.74, 6) is -0.283. The molecule has 0 amide bonds. The summed E-state index contributed by atoms with van der Waals surface area (Å²) in [4.78, 5) is 21.7. The van der Waals surface area contributed by atoms with Crippen molar-refractivity contribution >= 4 is 39.4 Å². The van der Waals surface area contributed by atoms with E-state index in [0.717, 1.165) is 63.8 Å². The van der Waals surface area contributed by atoms with E-state index in [4.69, 9.17) is 14.7 Å². The van der Waals surface area contributed by atoms with Gasteiger partial charge in [-0.05, 0) is 73.7 Å². The van der Waals surface area contributed by atoms with Crippen molar-refractivity contribution in [2.45, 2.75) is 32.1 Å². The highest BCUT2D eigenvalue weighted by Gasteiger charge is 2.16. The summed E-state index contributed by atoms with van der Waals surface area (Å²) in [5.41, 5.74) is 7.61. The van der Waals surface area contributed by atoms with Gasteiger partial charge in [0.05, 0.1) is 40.0 Å². The second kappa shape index (κ2) is 8.90. The first-order valence-corrected chi connectivity index (χ1v) is 11.1. The third-order valence-electron chi connectivity index (χ3n) is 5.94. The maximum atomic E-state index is 12.0. The van der Waals surface area contributed by atoms with Crippen molar-refractivity contribution < 1.29 is 9.53 Å². The lowest BCUT2D eigenvalue weighted by molar-refractivity contribution is -0.139. The van der Waals surface area contributed by atoms with Crippen LogP contribution in [-0.2, 0) is 16.0 Å². The van der Waals surface area contributed by atoms with Crippen molar-refractivity contribution in [3.8, 4) is 0 Å². The Morgan fingerprint density at radius 3 is 2.58 bits per heavy atom. The lowest BCUT2D eigenvalue weighted by Crippen LogP contribution is -2.14. The Hall–Kier alpha value is -3.93. The molecule has 1 unspecified atom stereocenters. The molecular weight excluding hydrogens is 412 g/mol. The molecule has 2 aliphatic rings. The smallest absolute Gasteiger partial charge is 0.333 e. The number of hydrogen-bond acceptors (Lipinski definition) is 6. The minimum absolute atomic E-state index is 0.0766. The number of fused-ring (bicyclic) bond motifs is 5. The summed E-state index contributed by atoms with van der Waals surface area (Å²) in [6.45, 7) is 5.65. The van der Waals surface area contributed by atoms with Gasteiger partial charge >= 0.3 is 5.97 Å². The third-order valence-corrected chi connectivity index (χ3v) is 5.94. The van der Waals surface area contributed by atoms with Crippen molar-refractivity contribution in [2.24, 2.45) is 10.2 Å². The fourth-order valence-electron chi connectivity index (χ4n) is 4.12. The Morgan fingerprint density at radius 1 is 0.970 bits per heavy atom. The zero-order valence-corrected chi connectivity index (χ0v) is 18.5. The summed E-state index contributed by atoms with van der Waals surface area (Å²) in [6, 6.07) is 19.9. The minimum atomic E-state index is -0.359. The number of carbonyl (C=O) groups excluding carboxylic acids is 1. The molecule has 1 aromatic heterocycles. The average Bonchev–Trinajstić information content (AvgIpc) is 2.83. The van der Waals surface area contributed by atoms with E-state index in [2.05, 4.69) is 22.9 Å². The molecule has 33 heavy (non-hydrogen) atoms. The van der Waals surface area contributed by atoms with Crippen LogP contribution < -0.4 is 0 Å². The molecule has 1 atom stereocenters. The maximum absolute atomic E-state index is 12.0. The van der Waals surface area contributed by atoms with Crippen LogP contribution >= 0.6 is 0 Å². The van der Waals surface area contributed by atoms with Gasteiger partial charge in [0.15, 0.2) is 0 Å². The Morgan fingerprint density at radius 2 is 1.76 bits per heavy atom. The van der Waals surface area contributed by atoms with Gasteiger partial charge in [0.25, 0.3) is 0 Å². The fraction of sp³-hybridized carbons (Fsp3) is 0.222. The highest BCUT2D eigenvalue weighted by Crippen LogP contribution is 2.29. The molecule has 0 spiro atoms. The topological polar surface area (TPSA) is 76.8 Å². The van der Waals surface area contributed by atoms with E-state index in [1.807, 2.05) is 54.6 Å².